The summed E-state index contributed by atoms with van der Waals surface area (Å²) in [6.45, 7) is 4.27. The predicted octanol–water partition coefficient (Wildman–Crippen LogP) is 2.71. The highest BCUT2D eigenvalue weighted by Crippen LogP contribution is 2.27. The zero-order valence-electron chi connectivity index (χ0n) is 15.8. The quantitative estimate of drug-likeness (QED) is 0.761. The molecule has 2 aromatic rings. The molecular weight excluding hydrogens is 386 g/mol. The minimum absolute atomic E-state index is 0.0295. The Kier molecular flexibility index (Phi) is 5.63. The van der Waals surface area contributed by atoms with Crippen LogP contribution in [-0.2, 0) is 27.6 Å². The molecule has 1 aromatic heterocycles. The van der Waals surface area contributed by atoms with Gasteiger partial charge in [0.1, 0.15) is 0 Å². The molecule has 0 spiro atoms. The van der Waals surface area contributed by atoms with Gasteiger partial charge in [0, 0.05) is 29.9 Å². The molecule has 8 heteroatoms. The normalized spacial score (nSPS) is 18.6. The lowest BCUT2D eigenvalue weighted by atomic mass is 10.1. The molecule has 1 aliphatic rings. The molecule has 0 radical (unpaired) electrons. The fraction of sp³-hybridized carbons (Fsp3) is 0.474. The molecule has 0 saturated carbocycles. The number of rotatable bonds is 5. The molecule has 1 atom stereocenters. The number of carbonyl (C=O) groups excluding carboxylic acids is 1. The number of benzene rings is 1. The third-order valence-electron chi connectivity index (χ3n) is 5.15. The Balaban J connectivity index is 1.73. The maximum absolute atomic E-state index is 12.6. The summed E-state index contributed by atoms with van der Waals surface area (Å²) < 4.78 is 25.4. The maximum Gasteiger partial charge on any atom is 0.227 e. The molecule has 27 heavy (non-hydrogen) atoms. The first-order chi connectivity index (χ1) is 12.7. The Hall–Kier alpha value is -1.86. The van der Waals surface area contributed by atoms with Crippen LogP contribution in [0.1, 0.15) is 35.0 Å². The number of carbonyl (C=O) groups is 1. The molecule has 1 amide bonds. The molecule has 2 heterocycles. The van der Waals surface area contributed by atoms with Crippen LogP contribution in [0.5, 0.6) is 0 Å². The van der Waals surface area contributed by atoms with Gasteiger partial charge in [0.15, 0.2) is 9.84 Å². The zero-order chi connectivity index (χ0) is 19.8. The maximum atomic E-state index is 12.6. The van der Waals surface area contributed by atoms with Crippen LogP contribution in [0.15, 0.2) is 24.3 Å². The number of nitrogens with zero attached hydrogens (tertiary/aromatic N) is 3. The fourth-order valence-electron chi connectivity index (χ4n) is 3.51. The summed E-state index contributed by atoms with van der Waals surface area (Å²) in [7, 11) is -1.22. The monoisotopic (exact) mass is 409 g/mol. The van der Waals surface area contributed by atoms with Gasteiger partial charge in [-0.05, 0) is 31.9 Å². The van der Waals surface area contributed by atoms with Gasteiger partial charge in [-0.2, -0.15) is 5.10 Å². The van der Waals surface area contributed by atoms with E-state index < -0.39 is 9.84 Å². The van der Waals surface area contributed by atoms with Crippen LogP contribution in [0.25, 0.3) is 0 Å². The van der Waals surface area contributed by atoms with Crippen LogP contribution in [0.4, 0.5) is 0 Å². The Morgan fingerprint density at radius 3 is 2.67 bits per heavy atom. The Morgan fingerprint density at radius 2 is 2.04 bits per heavy atom. The first kappa shape index (κ1) is 19.9. The van der Waals surface area contributed by atoms with Crippen molar-refractivity contribution in [1.82, 2.24) is 14.7 Å². The minimum Gasteiger partial charge on any atom is -0.341 e. The van der Waals surface area contributed by atoms with Gasteiger partial charge in [-0.15, -0.1) is 0 Å². The van der Waals surface area contributed by atoms with E-state index in [-0.39, 0.29) is 29.9 Å². The molecule has 3 rings (SSSR count). The summed E-state index contributed by atoms with van der Waals surface area (Å²) in [5, 5.41) is 5.15. The highest BCUT2D eigenvalue weighted by molar-refractivity contribution is 7.91. The highest BCUT2D eigenvalue weighted by Gasteiger charge is 2.31. The second-order valence-electron chi connectivity index (χ2n) is 7.17. The molecule has 0 bridgehead atoms. The van der Waals surface area contributed by atoms with Crippen LogP contribution in [0, 0.1) is 13.8 Å². The van der Waals surface area contributed by atoms with E-state index in [1.54, 1.807) is 18.0 Å². The van der Waals surface area contributed by atoms with Crippen molar-refractivity contribution in [3.8, 4) is 0 Å². The number of sulfone groups is 1. The van der Waals surface area contributed by atoms with Gasteiger partial charge < -0.3 is 4.90 Å². The Morgan fingerprint density at radius 1 is 1.33 bits per heavy atom. The first-order valence-corrected chi connectivity index (χ1v) is 11.1. The molecule has 1 aliphatic heterocycles. The SMILES string of the molecule is Cc1nn([C@@H]2CCS(=O)(=O)C2)c(C)c1CN(C)C(=O)Cc1ccccc1Cl. The molecule has 6 nitrogen and oxygen atoms in total. The number of aromatic nitrogens is 2. The van der Waals surface area contributed by atoms with Crippen molar-refractivity contribution in [3.05, 3.63) is 51.8 Å². The van der Waals surface area contributed by atoms with Crippen LogP contribution in [-0.4, -0.2) is 47.6 Å². The van der Waals surface area contributed by atoms with Crippen molar-refractivity contribution in [2.24, 2.45) is 0 Å². The third-order valence-corrected chi connectivity index (χ3v) is 7.27. The molecule has 146 valence electrons. The number of aryl methyl sites for hydroxylation is 1. The average Bonchev–Trinajstić information content (AvgIpc) is 3.10. The van der Waals surface area contributed by atoms with Gasteiger partial charge in [-0.25, -0.2) is 8.42 Å². The molecule has 1 aromatic carbocycles. The van der Waals surface area contributed by atoms with E-state index in [1.165, 1.54) is 0 Å². The van der Waals surface area contributed by atoms with Crippen molar-refractivity contribution in [1.29, 1.82) is 0 Å². The summed E-state index contributed by atoms with van der Waals surface area (Å²) in [6, 6.07) is 7.21. The predicted molar refractivity (Wildman–Crippen MR) is 106 cm³/mol. The zero-order valence-corrected chi connectivity index (χ0v) is 17.3. The van der Waals surface area contributed by atoms with E-state index in [4.69, 9.17) is 11.6 Å². The first-order valence-electron chi connectivity index (χ1n) is 8.90. The topological polar surface area (TPSA) is 72.3 Å². The molecule has 1 saturated heterocycles. The fourth-order valence-corrected chi connectivity index (χ4v) is 5.41. The lowest BCUT2D eigenvalue weighted by Gasteiger charge is -2.18. The Bertz CT molecular complexity index is 969. The molecule has 0 aliphatic carbocycles. The standard InChI is InChI=1S/C19H24ClN3O3S/c1-13-17(14(2)23(21-13)16-8-9-27(25,26)12-16)11-22(3)19(24)10-15-6-4-5-7-18(15)20/h4-7,16H,8-12H2,1-3H3/t16-/m1/s1. The lowest BCUT2D eigenvalue weighted by Crippen LogP contribution is -2.28. The van der Waals surface area contributed by atoms with Crippen LogP contribution in [0.2, 0.25) is 5.02 Å². The number of amides is 1. The molecule has 0 N–H and O–H groups in total. The van der Waals surface area contributed by atoms with Crippen molar-refractivity contribution < 1.29 is 13.2 Å². The summed E-state index contributed by atoms with van der Waals surface area (Å²) in [5.41, 5.74) is 3.52. The van der Waals surface area contributed by atoms with Gasteiger partial charge >= 0.3 is 0 Å². The number of halogens is 1. The van der Waals surface area contributed by atoms with E-state index in [1.807, 2.05) is 36.7 Å². The number of hydrogen-bond donors (Lipinski definition) is 0. The average molecular weight is 410 g/mol. The van der Waals surface area contributed by atoms with E-state index in [9.17, 15) is 13.2 Å². The summed E-state index contributed by atoms with van der Waals surface area (Å²) in [6.07, 6.45) is 0.828. The van der Waals surface area contributed by atoms with Crippen LogP contribution >= 0.6 is 11.6 Å². The summed E-state index contributed by atoms with van der Waals surface area (Å²) >= 11 is 6.15. The van der Waals surface area contributed by atoms with Crippen molar-refractivity contribution in [2.45, 2.75) is 39.3 Å². The molecular formula is C19H24ClN3O3S. The Labute approximate surface area is 165 Å². The van der Waals surface area contributed by atoms with E-state index in [0.29, 0.717) is 18.0 Å². The van der Waals surface area contributed by atoms with Gasteiger partial charge in [0.25, 0.3) is 0 Å². The summed E-state index contributed by atoms with van der Waals surface area (Å²) in [5.74, 6) is 0.315. The number of likely N-dealkylation sites (N-methyl/N-ethyl adjacent to an activating group) is 1. The minimum atomic E-state index is -2.98. The highest BCUT2D eigenvalue weighted by atomic mass is 35.5. The second-order valence-corrected chi connectivity index (χ2v) is 9.80. The summed E-state index contributed by atoms with van der Waals surface area (Å²) in [4.78, 5) is 14.3. The lowest BCUT2D eigenvalue weighted by molar-refractivity contribution is -0.129. The van der Waals surface area contributed by atoms with Crippen LogP contribution in [0.3, 0.4) is 0 Å². The molecule has 1 fully saturated rings. The van der Waals surface area contributed by atoms with Gasteiger partial charge in [0.05, 0.1) is 29.7 Å². The number of hydrogen-bond acceptors (Lipinski definition) is 4. The second kappa shape index (κ2) is 7.64. The van der Waals surface area contributed by atoms with Crippen molar-refractivity contribution in [3.63, 3.8) is 0 Å². The van der Waals surface area contributed by atoms with E-state index in [0.717, 1.165) is 22.5 Å². The third kappa shape index (κ3) is 4.35. The van der Waals surface area contributed by atoms with Crippen molar-refractivity contribution in [2.75, 3.05) is 18.6 Å². The van der Waals surface area contributed by atoms with E-state index in [2.05, 4.69) is 5.10 Å². The van der Waals surface area contributed by atoms with E-state index >= 15 is 0 Å². The smallest absolute Gasteiger partial charge is 0.227 e. The molecule has 0 unspecified atom stereocenters. The largest absolute Gasteiger partial charge is 0.341 e. The van der Waals surface area contributed by atoms with Gasteiger partial charge in [-0.1, -0.05) is 29.8 Å². The van der Waals surface area contributed by atoms with Gasteiger partial charge in [-0.3, -0.25) is 9.48 Å². The van der Waals surface area contributed by atoms with Gasteiger partial charge in [0.2, 0.25) is 5.91 Å². The van der Waals surface area contributed by atoms with Crippen molar-refractivity contribution >= 4 is 27.3 Å². The van der Waals surface area contributed by atoms with Crippen LogP contribution < -0.4 is 0 Å².